The van der Waals surface area contributed by atoms with Crippen molar-refractivity contribution in [3.63, 3.8) is 0 Å². The van der Waals surface area contributed by atoms with Crippen molar-refractivity contribution < 1.29 is 13.2 Å². The van der Waals surface area contributed by atoms with Crippen molar-refractivity contribution in [2.24, 2.45) is 0 Å². The van der Waals surface area contributed by atoms with Gasteiger partial charge in [-0.3, -0.25) is 0 Å². The Morgan fingerprint density at radius 2 is 1.95 bits per heavy atom. The zero-order valence-corrected chi connectivity index (χ0v) is 10.1. The van der Waals surface area contributed by atoms with E-state index in [-0.39, 0.29) is 5.56 Å². The molecule has 0 fully saturated rings. The number of nitrogen functional groups attached to an aromatic ring is 1. The van der Waals surface area contributed by atoms with Gasteiger partial charge in [-0.05, 0) is 36.8 Å². The minimum Gasteiger partial charge on any atom is -0.396 e. The second kappa shape index (κ2) is 4.79. The molecular weight excluding hydrogens is 255 g/mol. The Balaban J connectivity index is 2.35. The predicted molar refractivity (Wildman–Crippen MR) is 68.1 cm³/mol. The fraction of sp³-hybridized carbons (Fsp3) is 0.154. The van der Waals surface area contributed by atoms with Crippen LogP contribution in [0.1, 0.15) is 11.1 Å². The molecule has 2 aromatic rings. The highest BCUT2D eigenvalue weighted by atomic mass is 19.4. The maximum absolute atomic E-state index is 12.8. The highest BCUT2D eigenvalue weighted by Gasteiger charge is 2.32. The van der Waals surface area contributed by atoms with Crippen LogP contribution in [-0.2, 0) is 6.18 Å². The monoisotopic (exact) mass is 267 g/mol. The van der Waals surface area contributed by atoms with E-state index in [0.29, 0.717) is 17.2 Å². The Bertz CT molecular complexity index is 594. The van der Waals surface area contributed by atoms with Gasteiger partial charge in [0.15, 0.2) is 5.82 Å². The molecule has 0 aliphatic heterocycles. The number of alkyl halides is 3. The summed E-state index contributed by atoms with van der Waals surface area (Å²) in [7, 11) is 0. The molecule has 0 atom stereocenters. The van der Waals surface area contributed by atoms with Gasteiger partial charge in [0, 0.05) is 11.9 Å². The van der Waals surface area contributed by atoms with Crippen LogP contribution in [0.25, 0.3) is 0 Å². The number of pyridine rings is 1. The maximum Gasteiger partial charge on any atom is 0.416 e. The predicted octanol–water partition coefficient (Wildman–Crippen LogP) is 3.73. The molecule has 0 aliphatic rings. The number of nitrogens with two attached hydrogens (primary N) is 1. The molecule has 1 aromatic carbocycles. The summed E-state index contributed by atoms with van der Waals surface area (Å²) in [4.78, 5) is 3.97. The molecule has 0 spiro atoms. The van der Waals surface area contributed by atoms with E-state index in [2.05, 4.69) is 10.3 Å². The molecule has 100 valence electrons. The summed E-state index contributed by atoms with van der Waals surface area (Å²) in [6.45, 7) is 1.42. The van der Waals surface area contributed by atoms with Crippen molar-refractivity contribution >= 4 is 17.2 Å². The highest BCUT2D eigenvalue weighted by molar-refractivity contribution is 5.68. The van der Waals surface area contributed by atoms with Crippen LogP contribution in [0.2, 0.25) is 0 Å². The van der Waals surface area contributed by atoms with E-state index in [1.54, 1.807) is 18.2 Å². The number of hydrogen-bond acceptors (Lipinski definition) is 3. The lowest BCUT2D eigenvalue weighted by molar-refractivity contribution is -0.138. The molecule has 3 N–H and O–H groups in total. The standard InChI is InChI=1S/C13H12F3N3/c1-8-4-5-9(7-10(8)13(14,15)16)19-12-11(17)3-2-6-18-12/h2-7H,17H2,1H3,(H,18,19). The lowest BCUT2D eigenvalue weighted by atomic mass is 10.1. The summed E-state index contributed by atoms with van der Waals surface area (Å²) in [6.07, 6.45) is -2.87. The molecule has 3 nitrogen and oxygen atoms in total. The molecule has 0 unspecified atom stereocenters. The first kappa shape index (κ1) is 13.2. The van der Waals surface area contributed by atoms with E-state index in [0.717, 1.165) is 6.07 Å². The van der Waals surface area contributed by atoms with Crippen molar-refractivity contribution in [3.8, 4) is 0 Å². The van der Waals surface area contributed by atoms with Gasteiger partial charge in [0.2, 0.25) is 0 Å². The molecule has 0 saturated heterocycles. The number of aromatic nitrogens is 1. The van der Waals surface area contributed by atoms with Gasteiger partial charge in [0.1, 0.15) is 0 Å². The number of nitrogens with one attached hydrogen (secondary N) is 1. The summed E-state index contributed by atoms with van der Waals surface area (Å²) in [6, 6.07) is 7.28. The number of nitrogens with zero attached hydrogens (tertiary/aromatic N) is 1. The molecule has 1 heterocycles. The summed E-state index contributed by atoms with van der Waals surface area (Å²) in [5.41, 5.74) is 5.84. The number of aryl methyl sites for hydroxylation is 1. The molecule has 0 radical (unpaired) electrons. The zero-order valence-electron chi connectivity index (χ0n) is 10.1. The summed E-state index contributed by atoms with van der Waals surface area (Å²) < 4.78 is 38.3. The van der Waals surface area contributed by atoms with Crippen LogP contribution in [0.15, 0.2) is 36.5 Å². The second-order valence-corrected chi connectivity index (χ2v) is 4.09. The summed E-state index contributed by atoms with van der Waals surface area (Å²) in [5, 5.41) is 2.78. The van der Waals surface area contributed by atoms with Gasteiger partial charge in [-0.15, -0.1) is 0 Å². The first-order valence-electron chi connectivity index (χ1n) is 5.53. The van der Waals surface area contributed by atoms with Crippen LogP contribution in [-0.4, -0.2) is 4.98 Å². The Labute approximate surface area is 108 Å². The van der Waals surface area contributed by atoms with Gasteiger partial charge in [-0.2, -0.15) is 13.2 Å². The van der Waals surface area contributed by atoms with Gasteiger partial charge in [-0.1, -0.05) is 6.07 Å². The van der Waals surface area contributed by atoms with Gasteiger partial charge in [0.05, 0.1) is 11.3 Å². The number of hydrogen-bond donors (Lipinski definition) is 2. The Morgan fingerprint density at radius 1 is 1.21 bits per heavy atom. The third-order valence-corrected chi connectivity index (χ3v) is 2.64. The van der Waals surface area contributed by atoms with Gasteiger partial charge in [0.25, 0.3) is 0 Å². The smallest absolute Gasteiger partial charge is 0.396 e. The topological polar surface area (TPSA) is 50.9 Å². The second-order valence-electron chi connectivity index (χ2n) is 4.09. The summed E-state index contributed by atoms with van der Waals surface area (Å²) >= 11 is 0. The van der Waals surface area contributed by atoms with Gasteiger partial charge < -0.3 is 11.1 Å². The van der Waals surface area contributed by atoms with Crippen LogP contribution in [0.5, 0.6) is 0 Å². The molecule has 0 amide bonds. The normalized spacial score (nSPS) is 11.4. The number of benzene rings is 1. The average molecular weight is 267 g/mol. The molecule has 0 bridgehead atoms. The number of anilines is 3. The van der Waals surface area contributed by atoms with E-state index in [1.165, 1.54) is 19.2 Å². The first-order chi connectivity index (χ1) is 8.88. The third-order valence-electron chi connectivity index (χ3n) is 2.64. The maximum atomic E-state index is 12.8. The first-order valence-corrected chi connectivity index (χ1v) is 5.53. The molecule has 0 aliphatic carbocycles. The van der Waals surface area contributed by atoms with Gasteiger partial charge in [-0.25, -0.2) is 4.98 Å². The molecular formula is C13H12F3N3. The van der Waals surface area contributed by atoms with Crippen LogP contribution in [0.3, 0.4) is 0 Å². The third kappa shape index (κ3) is 2.96. The number of rotatable bonds is 2. The highest BCUT2D eigenvalue weighted by Crippen LogP contribution is 2.34. The van der Waals surface area contributed by atoms with Crippen LogP contribution in [0, 0.1) is 6.92 Å². The molecule has 0 saturated carbocycles. The Morgan fingerprint density at radius 3 is 2.58 bits per heavy atom. The van der Waals surface area contributed by atoms with Crippen LogP contribution in [0.4, 0.5) is 30.4 Å². The number of halogens is 3. The minimum atomic E-state index is -4.38. The zero-order chi connectivity index (χ0) is 14.0. The van der Waals surface area contributed by atoms with E-state index < -0.39 is 11.7 Å². The van der Waals surface area contributed by atoms with E-state index in [9.17, 15) is 13.2 Å². The van der Waals surface area contributed by atoms with Crippen molar-refractivity contribution in [2.45, 2.75) is 13.1 Å². The molecule has 1 aromatic heterocycles. The Hall–Kier alpha value is -2.24. The molecule has 19 heavy (non-hydrogen) atoms. The van der Waals surface area contributed by atoms with Crippen molar-refractivity contribution in [1.29, 1.82) is 0 Å². The molecule has 2 rings (SSSR count). The van der Waals surface area contributed by atoms with Crippen LogP contribution < -0.4 is 11.1 Å². The Kier molecular flexibility index (Phi) is 3.33. The largest absolute Gasteiger partial charge is 0.416 e. The van der Waals surface area contributed by atoms with Crippen molar-refractivity contribution in [3.05, 3.63) is 47.7 Å². The van der Waals surface area contributed by atoms with E-state index in [4.69, 9.17) is 5.73 Å². The fourth-order valence-electron chi connectivity index (χ4n) is 1.66. The van der Waals surface area contributed by atoms with Crippen molar-refractivity contribution in [2.75, 3.05) is 11.1 Å². The lowest BCUT2D eigenvalue weighted by Crippen LogP contribution is -2.08. The summed E-state index contributed by atoms with van der Waals surface area (Å²) in [5.74, 6) is 0.333. The quantitative estimate of drug-likeness (QED) is 0.871. The van der Waals surface area contributed by atoms with E-state index >= 15 is 0 Å². The van der Waals surface area contributed by atoms with Crippen molar-refractivity contribution in [1.82, 2.24) is 4.98 Å². The van der Waals surface area contributed by atoms with E-state index in [1.807, 2.05) is 0 Å². The SMILES string of the molecule is Cc1ccc(Nc2ncccc2N)cc1C(F)(F)F. The lowest BCUT2D eigenvalue weighted by Gasteiger charge is -2.13. The van der Waals surface area contributed by atoms with Gasteiger partial charge >= 0.3 is 6.18 Å². The molecule has 6 heteroatoms. The van der Waals surface area contributed by atoms with Crippen LogP contribution >= 0.6 is 0 Å². The fourth-order valence-corrected chi connectivity index (χ4v) is 1.66. The average Bonchev–Trinajstić information content (AvgIpc) is 2.33. The minimum absolute atomic E-state index is 0.173.